The minimum Gasteiger partial charge on any atom is -0.496 e. The third-order valence-corrected chi connectivity index (χ3v) is 4.96. The number of benzene rings is 2. The van der Waals surface area contributed by atoms with E-state index in [1.807, 2.05) is 30.3 Å². The highest BCUT2D eigenvalue weighted by molar-refractivity contribution is 7.24. The summed E-state index contributed by atoms with van der Waals surface area (Å²) in [5.74, 6) is 1.07. The molecule has 0 aliphatic rings. The Hall–Kier alpha value is -2.19. The van der Waals surface area contributed by atoms with Crippen LogP contribution >= 0.6 is 8.46 Å². The van der Waals surface area contributed by atoms with Gasteiger partial charge in [-0.05, 0) is 30.5 Å². The zero-order valence-electron chi connectivity index (χ0n) is 14.6. The van der Waals surface area contributed by atoms with E-state index < -0.39 is 0 Å². The molecule has 5 heteroatoms. The van der Waals surface area contributed by atoms with E-state index in [0.29, 0.717) is 23.5 Å². The first-order chi connectivity index (χ1) is 12.2. The summed E-state index contributed by atoms with van der Waals surface area (Å²) in [4.78, 5) is 12.6. The highest BCUT2D eigenvalue weighted by Gasteiger charge is 2.18. The maximum atomic E-state index is 12.6. The third kappa shape index (κ3) is 5.14. The Balaban J connectivity index is 1.92. The van der Waals surface area contributed by atoms with Crippen molar-refractivity contribution in [3.63, 3.8) is 0 Å². The van der Waals surface area contributed by atoms with Gasteiger partial charge in [0.1, 0.15) is 17.1 Å². The smallest absolute Gasteiger partial charge is 0.170 e. The second kappa shape index (κ2) is 9.95. The molecule has 1 unspecified atom stereocenters. The van der Waals surface area contributed by atoms with E-state index in [1.165, 1.54) is 0 Å². The van der Waals surface area contributed by atoms with E-state index in [4.69, 9.17) is 9.47 Å². The van der Waals surface area contributed by atoms with Gasteiger partial charge in [0.25, 0.3) is 0 Å². The van der Waals surface area contributed by atoms with Crippen LogP contribution in [0.3, 0.4) is 0 Å². The quantitative estimate of drug-likeness (QED) is 0.321. The molecule has 0 aliphatic carbocycles. The first kappa shape index (κ1) is 19.1. The van der Waals surface area contributed by atoms with Crippen molar-refractivity contribution in [2.24, 2.45) is 0 Å². The fourth-order valence-electron chi connectivity index (χ4n) is 2.83. The number of ketones is 1. The van der Waals surface area contributed by atoms with Gasteiger partial charge in [-0.25, -0.2) is 0 Å². The lowest BCUT2D eigenvalue weighted by molar-refractivity contribution is 0.0973. The number of ether oxygens (including phenoxy) is 2. The standard InChI is InChI=1S/C20H23O4P/c1-23-17-12-8-13-18(24-2)20(17)16(21)11-6-7-14-19(25-22)15-9-4-3-5-10-15/h3-5,8-10,12-13,19H,6-7,11,14H2,1-2H3. The molecule has 2 rings (SSSR count). The van der Waals surface area contributed by atoms with Crippen LogP contribution in [0.15, 0.2) is 48.5 Å². The minimum absolute atomic E-state index is 0.00485. The molecule has 0 radical (unpaired) electrons. The largest absolute Gasteiger partial charge is 0.496 e. The Bertz CT molecular complexity index is 678. The summed E-state index contributed by atoms with van der Waals surface area (Å²) in [5.41, 5.74) is 1.54. The molecule has 25 heavy (non-hydrogen) atoms. The average molecular weight is 358 g/mol. The van der Waals surface area contributed by atoms with Crippen molar-refractivity contribution in [1.29, 1.82) is 0 Å². The van der Waals surface area contributed by atoms with Crippen LogP contribution in [0.1, 0.15) is 47.3 Å². The monoisotopic (exact) mass is 358 g/mol. The molecule has 2 aromatic carbocycles. The first-order valence-electron chi connectivity index (χ1n) is 8.32. The molecule has 0 saturated heterocycles. The lowest BCUT2D eigenvalue weighted by Crippen LogP contribution is -2.05. The summed E-state index contributed by atoms with van der Waals surface area (Å²) in [6, 6.07) is 15.1. The van der Waals surface area contributed by atoms with Gasteiger partial charge < -0.3 is 9.47 Å². The van der Waals surface area contributed by atoms with E-state index in [9.17, 15) is 9.36 Å². The van der Waals surface area contributed by atoms with Crippen LogP contribution < -0.4 is 9.47 Å². The van der Waals surface area contributed by atoms with Gasteiger partial charge in [0.2, 0.25) is 0 Å². The topological polar surface area (TPSA) is 52.6 Å². The van der Waals surface area contributed by atoms with Crippen LogP contribution in [0.2, 0.25) is 0 Å². The van der Waals surface area contributed by atoms with Crippen LogP contribution in [0.5, 0.6) is 11.5 Å². The van der Waals surface area contributed by atoms with E-state index in [0.717, 1.165) is 24.8 Å². The lowest BCUT2D eigenvalue weighted by atomic mass is 10.0. The number of hydrogen-bond acceptors (Lipinski definition) is 4. The molecule has 0 N–H and O–H groups in total. The molecular weight excluding hydrogens is 335 g/mol. The van der Waals surface area contributed by atoms with Crippen molar-refractivity contribution < 1.29 is 18.8 Å². The summed E-state index contributed by atoms with van der Waals surface area (Å²) in [7, 11) is 3.21. The van der Waals surface area contributed by atoms with E-state index in [1.54, 1.807) is 32.4 Å². The van der Waals surface area contributed by atoms with Gasteiger partial charge in [-0.15, -0.1) is 0 Å². The van der Waals surface area contributed by atoms with E-state index in [2.05, 4.69) is 0 Å². The van der Waals surface area contributed by atoms with Crippen molar-refractivity contribution in [3.8, 4) is 11.5 Å². The van der Waals surface area contributed by atoms with Crippen molar-refractivity contribution in [1.82, 2.24) is 0 Å². The number of methoxy groups -OCH3 is 2. The normalized spacial score (nSPS) is 11.9. The van der Waals surface area contributed by atoms with Gasteiger partial charge in [-0.2, -0.15) is 0 Å². The molecule has 0 heterocycles. The Morgan fingerprint density at radius 2 is 1.60 bits per heavy atom. The Morgan fingerprint density at radius 1 is 0.960 bits per heavy atom. The Kier molecular flexibility index (Phi) is 7.62. The number of carbonyl (C=O) groups excluding carboxylic acids is 1. The minimum atomic E-state index is -0.0166. The third-order valence-electron chi connectivity index (χ3n) is 4.15. The Labute approximate surface area is 150 Å². The summed E-state index contributed by atoms with van der Waals surface area (Å²) < 4.78 is 22.0. The van der Waals surface area contributed by atoms with Crippen LogP contribution in [0, 0.1) is 0 Å². The maximum Gasteiger partial charge on any atom is 0.170 e. The summed E-state index contributed by atoms with van der Waals surface area (Å²) >= 11 is 0. The molecule has 0 spiro atoms. The fourth-order valence-corrected chi connectivity index (χ4v) is 3.41. The summed E-state index contributed by atoms with van der Waals surface area (Å²) in [5, 5.41) is 0. The maximum absolute atomic E-state index is 12.6. The first-order valence-corrected chi connectivity index (χ1v) is 9.21. The highest BCUT2D eigenvalue weighted by Crippen LogP contribution is 2.33. The van der Waals surface area contributed by atoms with Crippen molar-refractivity contribution in [2.75, 3.05) is 14.2 Å². The van der Waals surface area contributed by atoms with Gasteiger partial charge >= 0.3 is 0 Å². The van der Waals surface area contributed by atoms with E-state index >= 15 is 0 Å². The van der Waals surface area contributed by atoms with Gasteiger partial charge in [0, 0.05) is 6.42 Å². The Morgan fingerprint density at radius 3 is 2.16 bits per heavy atom. The summed E-state index contributed by atoms with van der Waals surface area (Å²) in [6.07, 6.45) is 2.76. The van der Waals surface area contributed by atoms with Crippen LogP contribution in [0.4, 0.5) is 0 Å². The predicted molar refractivity (Wildman–Crippen MR) is 99.1 cm³/mol. The molecule has 0 bridgehead atoms. The van der Waals surface area contributed by atoms with Crippen molar-refractivity contribution >= 4 is 14.2 Å². The molecule has 4 nitrogen and oxygen atoms in total. The molecule has 1 atom stereocenters. The van der Waals surface area contributed by atoms with Gasteiger partial charge in [0.15, 0.2) is 14.2 Å². The van der Waals surface area contributed by atoms with Crippen LogP contribution in [-0.4, -0.2) is 20.0 Å². The van der Waals surface area contributed by atoms with Crippen molar-refractivity contribution in [2.45, 2.75) is 31.3 Å². The van der Waals surface area contributed by atoms with E-state index in [-0.39, 0.29) is 19.9 Å². The van der Waals surface area contributed by atoms with Crippen LogP contribution in [0.25, 0.3) is 0 Å². The molecule has 0 amide bonds. The predicted octanol–water partition coefficient (Wildman–Crippen LogP) is 5.48. The zero-order chi connectivity index (χ0) is 18.1. The number of hydrogen-bond donors (Lipinski definition) is 0. The average Bonchev–Trinajstić information content (AvgIpc) is 2.67. The highest BCUT2D eigenvalue weighted by atomic mass is 31.1. The number of carbonyl (C=O) groups is 1. The SMILES string of the molecule is COc1cccc(OC)c1C(=O)CCCCC(P=O)c1ccccc1. The van der Waals surface area contributed by atoms with Crippen LogP contribution in [-0.2, 0) is 4.57 Å². The number of rotatable bonds is 10. The molecule has 0 saturated carbocycles. The van der Waals surface area contributed by atoms with Gasteiger partial charge in [-0.3, -0.25) is 9.36 Å². The summed E-state index contributed by atoms with van der Waals surface area (Å²) in [6.45, 7) is 0. The zero-order valence-corrected chi connectivity index (χ0v) is 15.5. The second-order valence-electron chi connectivity index (χ2n) is 5.74. The molecule has 2 aromatic rings. The lowest BCUT2D eigenvalue weighted by Gasteiger charge is -2.12. The molecule has 0 aromatic heterocycles. The molecule has 0 fully saturated rings. The molecule has 0 aliphatic heterocycles. The number of unbranched alkanes of at least 4 members (excludes halogenated alkanes) is 1. The second-order valence-corrected chi connectivity index (χ2v) is 6.57. The van der Waals surface area contributed by atoms with Crippen molar-refractivity contribution in [3.05, 3.63) is 59.7 Å². The molecular formula is C20H23O4P. The number of Topliss-reactive ketones (excluding diaryl/α,β-unsaturated/α-hetero) is 1. The van der Waals surface area contributed by atoms with Gasteiger partial charge in [0.05, 0.1) is 19.9 Å². The van der Waals surface area contributed by atoms with Gasteiger partial charge in [-0.1, -0.05) is 42.8 Å². The molecule has 132 valence electrons. The fraction of sp³-hybridized carbons (Fsp3) is 0.350.